The van der Waals surface area contributed by atoms with Crippen LogP contribution in [0, 0.1) is 0 Å². The van der Waals surface area contributed by atoms with E-state index in [4.69, 9.17) is 15.2 Å². The van der Waals surface area contributed by atoms with E-state index in [0.29, 0.717) is 16.8 Å². The van der Waals surface area contributed by atoms with Crippen molar-refractivity contribution in [3.05, 3.63) is 91.0 Å². The molecule has 0 unspecified atom stereocenters. The van der Waals surface area contributed by atoms with Crippen LogP contribution in [0.25, 0.3) is 32.7 Å². The predicted octanol–water partition coefficient (Wildman–Crippen LogP) is 1.32. The summed E-state index contributed by atoms with van der Waals surface area (Å²) in [6.07, 6.45) is 0. The maximum atomic E-state index is 12.1. The summed E-state index contributed by atoms with van der Waals surface area (Å²) in [5.74, 6) is -0.490. The molecule has 0 radical (unpaired) electrons. The van der Waals surface area contributed by atoms with Crippen LogP contribution < -0.4 is 74.3 Å². The molecular weight excluding hydrogens is 749 g/mol. The fourth-order valence-electron chi connectivity index (χ4n) is 5.34. The number of benzene rings is 6. The number of nitrogen functional groups attached to an aromatic ring is 1. The van der Waals surface area contributed by atoms with E-state index in [1.807, 2.05) is 0 Å². The molecule has 260 valence electrons. The summed E-state index contributed by atoms with van der Waals surface area (Å²) >= 11 is 0. The average Bonchev–Trinajstić information content (AvgIpc) is 3.09. The number of azo groups is 2. The van der Waals surface area contributed by atoms with Crippen LogP contribution in [-0.2, 0) is 20.2 Å². The summed E-state index contributed by atoms with van der Waals surface area (Å²) in [5.41, 5.74) is 6.85. The second-order valence-corrected chi connectivity index (χ2v) is 13.6. The third kappa shape index (κ3) is 8.65. The zero-order valence-electron chi connectivity index (χ0n) is 28.5. The van der Waals surface area contributed by atoms with Gasteiger partial charge < -0.3 is 34.5 Å². The first-order valence-electron chi connectivity index (χ1n) is 14.6. The SMILES string of the molecule is COc1cc(-c2ccc(N=Nc3c(S(=O)(=O)[O-])cc4cc(N)ccc4c3O)c(OC)c2)ccc1N=Nc1cc(S(=O)(=O)[O-])c2ccccc2c1O.[Na+].[Na+]. The van der Waals surface area contributed by atoms with Crippen molar-refractivity contribution in [2.24, 2.45) is 20.5 Å². The second kappa shape index (κ2) is 16.5. The topological polar surface area (TPSA) is 249 Å². The quantitative estimate of drug-likeness (QED) is 0.0818. The van der Waals surface area contributed by atoms with E-state index in [0.717, 1.165) is 12.1 Å². The Bertz CT molecular complexity index is 2680. The number of phenols is 2. The standard InChI is InChI=1S/C34H27N5O10S2.2Na/c1-48-28-14-18(7-11-25(28)36-38-27-17-30(50(42,43)44)23-5-3-4-6-24(23)33(27)40)19-8-12-26(29(15-19)49-2)37-39-32-31(51(45,46)47)16-20-13-21(35)9-10-22(20)34(32)41;;/h3-17,40-41H,35H2,1-2H3,(H,42,43,44)(H,45,46,47);;/q;2*+1/p-2. The number of hydrogen-bond acceptors (Lipinski definition) is 15. The number of anilines is 1. The van der Waals surface area contributed by atoms with Gasteiger partial charge in [-0.1, -0.05) is 36.4 Å². The van der Waals surface area contributed by atoms with Crippen LogP contribution in [-0.4, -0.2) is 50.4 Å². The summed E-state index contributed by atoms with van der Waals surface area (Å²) in [6, 6.07) is 22.0. The van der Waals surface area contributed by atoms with Gasteiger partial charge in [0, 0.05) is 21.8 Å². The number of nitrogens with two attached hydrogens (primary N) is 1. The van der Waals surface area contributed by atoms with Crippen LogP contribution >= 0.6 is 0 Å². The van der Waals surface area contributed by atoms with Gasteiger partial charge in [-0.15, -0.1) is 20.5 Å². The first-order chi connectivity index (χ1) is 24.2. The van der Waals surface area contributed by atoms with E-state index in [1.54, 1.807) is 36.4 Å². The van der Waals surface area contributed by atoms with Crippen molar-refractivity contribution in [3.63, 3.8) is 0 Å². The van der Waals surface area contributed by atoms with Crippen molar-refractivity contribution in [2.45, 2.75) is 9.79 Å². The van der Waals surface area contributed by atoms with Gasteiger partial charge in [0.1, 0.15) is 54.5 Å². The Morgan fingerprint density at radius 3 is 1.66 bits per heavy atom. The Labute approximate surface area is 347 Å². The average molecular weight is 774 g/mol. The van der Waals surface area contributed by atoms with Gasteiger partial charge in [0.2, 0.25) is 0 Å². The third-order valence-electron chi connectivity index (χ3n) is 7.79. The van der Waals surface area contributed by atoms with Crippen molar-refractivity contribution in [3.8, 4) is 34.1 Å². The maximum Gasteiger partial charge on any atom is 1.00 e. The zero-order chi connectivity index (χ0) is 36.7. The Balaban J connectivity index is 0.00000314. The van der Waals surface area contributed by atoms with E-state index < -0.39 is 41.5 Å². The predicted molar refractivity (Wildman–Crippen MR) is 185 cm³/mol. The molecule has 0 heterocycles. The number of fused-ring (bicyclic) bond motifs is 2. The van der Waals surface area contributed by atoms with Gasteiger partial charge >= 0.3 is 59.1 Å². The molecule has 0 aliphatic carbocycles. The normalized spacial score (nSPS) is 11.8. The molecule has 0 saturated heterocycles. The van der Waals surface area contributed by atoms with E-state index in [1.165, 1.54) is 56.7 Å². The van der Waals surface area contributed by atoms with E-state index in [-0.39, 0.29) is 115 Å². The molecule has 0 saturated carbocycles. The van der Waals surface area contributed by atoms with Gasteiger partial charge in [-0.25, -0.2) is 16.8 Å². The minimum absolute atomic E-state index is 0. The van der Waals surface area contributed by atoms with E-state index in [9.17, 15) is 36.2 Å². The number of ether oxygens (including phenoxy) is 2. The van der Waals surface area contributed by atoms with Crippen molar-refractivity contribution in [1.29, 1.82) is 0 Å². The molecule has 19 heteroatoms. The number of aromatic hydroxyl groups is 2. The molecule has 0 aliphatic rings. The molecule has 0 spiro atoms. The minimum atomic E-state index is -5.08. The molecule has 0 bridgehead atoms. The number of rotatable bonds is 9. The Morgan fingerprint density at radius 1 is 0.585 bits per heavy atom. The molecule has 0 aliphatic heterocycles. The second-order valence-electron chi connectivity index (χ2n) is 10.9. The molecule has 6 aromatic carbocycles. The number of phenolic OH excluding ortho intramolecular Hbond substituents is 2. The first kappa shape index (κ1) is 41.6. The van der Waals surface area contributed by atoms with Crippen molar-refractivity contribution in [2.75, 3.05) is 20.0 Å². The molecule has 6 aromatic rings. The first-order valence-corrected chi connectivity index (χ1v) is 17.4. The van der Waals surface area contributed by atoms with Gasteiger partial charge in [-0.05, 0) is 71.1 Å². The maximum absolute atomic E-state index is 12.1. The summed E-state index contributed by atoms with van der Waals surface area (Å²) in [7, 11) is -7.22. The van der Waals surface area contributed by atoms with Gasteiger partial charge in [-0.2, -0.15) is 0 Å². The number of hydrogen-bond donors (Lipinski definition) is 3. The van der Waals surface area contributed by atoms with E-state index >= 15 is 0 Å². The summed E-state index contributed by atoms with van der Waals surface area (Å²) in [5, 5.41) is 38.3. The van der Waals surface area contributed by atoms with Crippen molar-refractivity contribution >= 4 is 70.2 Å². The molecule has 0 amide bonds. The Kier molecular flexibility index (Phi) is 12.9. The molecular formula is C34H25N5Na2O10S2. The van der Waals surface area contributed by atoms with Crippen LogP contribution in [0.2, 0.25) is 0 Å². The Hall–Kier alpha value is -4.14. The van der Waals surface area contributed by atoms with E-state index in [2.05, 4.69) is 20.5 Å². The molecule has 0 fully saturated rings. The molecule has 0 aromatic heterocycles. The van der Waals surface area contributed by atoms with Gasteiger partial charge in [0.05, 0.1) is 24.0 Å². The number of nitrogens with zero attached hydrogens (tertiary/aromatic N) is 4. The monoisotopic (exact) mass is 773 g/mol. The molecule has 0 atom stereocenters. The van der Waals surface area contributed by atoms with Gasteiger partial charge in [0.25, 0.3) is 0 Å². The zero-order valence-corrected chi connectivity index (χ0v) is 34.1. The largest absolute Gasteiger partial charge is 1.00 e. The third-order valence-corrected chi connectivity index (χ3v) is 9.51. The van der Waals surface area contributed by atoms with Crippen LogP contribution in [0.4, 0.5) is 28.4 Å². The Morgan fingerprint density at radius 2 is 1.11 bits per heavy atom. The molecule has 6 rings (SSSR count). The smallest absolute Gasteiger partial charge is 0.744 e. The van der Waals surface area contributed by atoms with Crippen molar-refractivity contribution < 1.29 is 105 Å². The van der Waals surface area contributed by atoms with Gasteiger partial charge in [-0.3, -0.25) is 0 Å². The minimum Gasteiger partial charge on any atom is -0.744 e. The van der Waals surface area contributed by atoms with Crippen LogP contribution in [0.3, 0.4) is 0 Å². The summed E-state index contributed by atoms with van der Waals surface area (Å²) in [6.45, 7) is 0. The molecule has 53 heavy (non-hydrogen) atoms. The fraction of sp³-hybridized carbons (Fsp3) is 0.0588. The van der Waals surface area contributed by atoms with Crippen molar-refractivity contribution in [1.82, 2.24) is 0 Å². The van der Waals surface area contributed by atoms with Crippen LogP contribution in [0.15, 0.2) is 121 Å². The fourth-order valence-corrected chi connectivity index (χ4v) is 6.69. The van der Waals surface area contributed by atoms with Crippen LogP contribution in [0.5, 0.6) is 23.0 Å². The van der Waals surface area contributed by atoms with Crippen LogP contribution in [0.1, 0.15) is 0 Å². The molecule has 15 nitrogen and oxygen atoms in total. The molecule has 4 N–H and O–H groups in total. The summed E-state index contributed by atoms with van der Waals surface area (Å²) in [4.78, 5) is -1.34. The van der Waals surface area contributed by atoms with Gasteiger partial charge in [0.15, 0.2) is 11.5 Å². The number of methoxy groups -OCH3 is 2. The summed E-state index contributed by atoms with van der Waals surface area (Å²) < 4.78 is 83.1.